The number of aryl methyl sites for hydroxylation is 1. The molecule has 2 amide bonds. The van der Waals surface area contributed by atoms with Gasteiger partial charge in [0.15, 0.2) is 0 Å². The predicted octanol–water partition coefficient (Wildman–Crippen LogP) is 5.54. The molecule has 0 fully saturated rings. The van der Waals surface area contributed by atoms with Crippen LogP contribution in [0.25, 0.3) is 0 Å². The summed E-state index contributed by atoms with van der Waals surface area (Å²) in [6.07, 6.45) is 0. The van der Waals surface area contributed by atoms with E-state index in [9.17, 15) is 18.0 Å². The highest BCUT2D eigenvalue weighted by Gasteiger charge is 2.32. The molecule has 4 rings (SSSR count). The van der Waals surface area contributed by atoms with Gasteiger partial charge in [0.1, 0.15) is 29.8 Å². The fraction of sp³-hybridized carbons (Fsp3) is 0.235. The molecule has 0 heterocycles. The number of rotatable bonds is 13. The van der Waals surface area contributed by atoms with Crippen molar-refractivity contribution in [2.24, 2.45) is 0 Å². The SMILES string of the molecule is CCNC(=O)[C@@H](C)N(Cc1ccc(OC)cc1)C(=O)CN(c1ccc(Oc2ccccc2)cc1)S(=O)(=O)c1ccc(C)cc1. The molecule has 0 bridgehead atoms. The maximum Gasteiger partial charge on any atom is 0.264 e. The van der Waals surface area contributed by atoms with Crippen molar-refractivity contribution < 1.29 is 27.5 Å². The van der Waals surface area contributed by atoms with Crippen LogP contribution in [0.3, 0.4) is 0 Å². The van der Waals surface area contributed by atoms with Gasteiger partial charge in [0, 0.05) is 13.1 Å². The number of hydrogen-bond donors (Lipinski definition) is 1. The second-order valence-corrected chi connectivity index (χ2v) is 12.0. The van der Waals surface area contributed by atoms with Gasteiger partial charge in [-0.25, -0.2) is 8.42 Å². The summed E-state index contributed by atoms with van der Waals surface area (Å²) in [5.41, 5.74) is 1.93. The lowest BCUT2D eigenvalue weighted by molar-refractivity contribution is -0.139. The molecular weight excluding hydrogens is 578 g/mol. The van der Waals surface area contributed by atoms with Crippen LogP contribution < -0.4 is 19.1 Å². The molecule has 1 atom stereocenters. The van der Waals surface area contributed by atoms with Crippen molar-refractivity contribution in [3.05, 3.63) is 114 Å². The third-order valence-electron chi connectivity index (χ3n) is 7.02. The quantitative estimate of drug-likeness (QED) is 0.212. The average molecular weight is 616 g/mol. The molecular formula is C34H37N3O6S. The molecule has 4 aromatic rings. The molecule has 9 nitrogen and oxygen atoms in total. The maximum absolute atomic E-state index is 14.0. The van der Waals surface area contributed by atoms with Crippen LogP contribution in [0.4, 0.5) is 5.69 Å². The summed E-state index contributed by atoms with van der Waals surface area (Å²) < 4.78 is 40.3. The Morgan fingerprint density at radius 3 is 2.00 bits per heavy atom. The maximum atomic E-state index is 14.0. The lowest BCUT2D eigenvalue weighted by Crippen LogP contribution is -2.51. The molecule has 0 aromatic heterocycles. The zero-order valence-electron chi connectivity index (χ0n) is 25.3. The number of ether oxygens (including phenoxy) is 2. The van der Waals surface area contributed by atoms with Crippen LogP contribution in [-0.2, 0) is 26.2 Å². The van der Waals surface area contributed by atoms with Crippen molar-refractivity contribution in [3.8, 4) is 17.2 Å². The van der Waals surface area contributed by atoms with Gasteiger partial charge < -0.3 is 19.7 Å². The number of nitrogens with zero attached hydrogens (tertiary/aromatic N) is 2. The minimum Gasteiger partial charge on any atom is -0.497 e. The predicted molar refractivity (Wildman–Crippen MR) is 170 cm³/mol. The van der Waals surface area contributed by atoms with E-state index in [4.69, 9.17) is 9.47 Å². The molecule has 0 aliphatic rings. The Kier molecular flexibility index (Phi) is 10.6. The number of likely N-dealkylation sites (N-methyl/N-ethyl adjacent to an activating group) is 1. The van der Waals surface area contributed by atoms with E-state index in [0.29, 0.717) is 23.8 Å². The van der Waals surface area contributed by atoms with E-state index in [0.717, 1.165) is 15.4 Å². The Balaban J connectivity index is 1.69. The second-order valence-electron chi connectivity index (χ2n) is 10.2. The molecule has 1 N–H and O–H groups in total. The van der Waals surface area contributed by atoms with Crippen molar-refractivity contribution in [1.82, 2.24) is 10.2 Å². The lowest BCUT2D eigenvalue weighted by atomic mass is 10.1. The molecule has 0 radical (unpaired) electrons. The highest BCUT2D eigenvalue weighted by atomic mass is 32.2. The number of carbonyl (C=O) groups is 2. The van der Waals surface area contributed by atoms with Crippen LogP contribution in [0, 0.1) is 6.92 Å². The van der Waals surface area contributed by atoms with Gasteiger partial charge in [0.2, 0.25) is 11.8 Å². The number of anilines is 1. The van der Waals surface area contributed by atoms with Crippen molar-refractivity contribution >= 4 is 27.5 Å². The first-order valence-electron chi connectivity index (χ1n) is 14.2. The molecule has 4 aromatic carbocycles. The molecule has 0 spiro atoms. The minimum atomic E-state index is -4.18. The zero-order chi connectivity index (χ0) is 31.7. The zero-order valence-corrected chi connectivity index (χ0v) is 26.1. The molecule has 0 aliphatic carbocycles. The van der Waals surface area contributed by atoms with E-state index < -0.39 is 28.5 Å². The van der Waals surface area contributed by atoms with E-state index in [1.54, 1.807) is 81.6 Å². The molecule has 44 heavy (non-hydrogen) atoms. The summed E-state index contributed by atoms with van der Waals surface area (Å²) in [5, 5.41) is 2.76. The summed E-state index contributed by atoms with van der Waals surface area (Å²) in [7, 11) is -2.62. The first-order valence-corrected chi connectivity index (χ1v) is 15.7. The van der Waals surface area contributed by atoms with Crippen molar-refractivity contribution in [2.45, 2.75) is 38.3 Å². The van der Waals surface area contributed by atoms with Crippen LogP contribution in [-0.4, -0.2) is 51.4 Å². The highest BCUT2D eigenvalue weighted by Crippen LogP contribution is 2.29. The number of carbonyl (C=O) groups excluding carboxylic acids is 2. The van der Waals surface area contributed by atoms with Gasteiger partial charge in [-0.15, -0.1) is 0 Å². The number of hydrogen-bond acceptors (Lipinski definition) is 6. The first-order chi connectivity index (χ1) is 21.1. The summed E-state index contributed by atoms with van der Waals surface area (Å²) in [4.78, 5) is 28.4. The van der Waals surface area contributed by atoms with E-state index in [-0.39, 0.29) is 23.0 Å². The summed E-state index contributed by atoms with van der Waals surface area (Å²) in [6.45, 7) is 5.22. The van der Waals surface area contributed by atoms with Gasteiger partial charge in [-0.3, -0.25) is 13.9 Å². The topological polar surface area (TPSA) is 105 Å². The molecule has 230 valence electrons. The Hall–Kier alpha value is -4.83. The van der Waals surface area contributed by atoms with Crippen molar-refractivity contribution in [2.75, 3.05) is 24.5 Å². The van der Waals surface area contributed by atoms with Gasteiger partial charge in [0.05, 0.1) is 17.7 Å². The number of benzene rings is 4. The third-order valence-corrected chi connectivity index (χ3v) is 8.81. The Morgan fingerprint density at radius 1 is 0.818 bits per heavy atom. The van der Waals surface area contributed by atoms with Crippen molar-refractivity contribution in [1.29, 1.82) is 0 Å². The third kappa shape index (κ3) is 7.96. The number of methoxy groups -OCH3 is 1. The number of para-hydroxylation sites is 1. The average Bonchev–Trinajstić information content (AvgIpc) is 3.03. The molecule has 0 unspecified atom stereocenters. The summed E-state index contributed by atoms with van der Waals surface area (Å²) in [5.74, 6) is 0.904. The molecule has 0 aliphatic heterocycles. The Morgan fingerprint density at radius 2 is 1.41 bits per heavy atom. The van der Waals surface area contributed by atoms with Crippen LogP contribution in [0.15, 0.2) is 108 Å². The van der Waals surface area contributed by atoms with Crippen LogP contribution >= 0.6 is 0 Å². The first kappa shape index (κ1) is 32.1. The standard InChI is InChI=1S/C34H37N3O6S/c1-5-35-34(39)26(3)36(23-27-13-17-29(42-4)18-14-27)33(38)24-37(44(40,41)32-21-11-25(2)12-22-32)28-15-19-31(20-16-28)43-30-9-7-6-8-10-30/h6-22,26H,5,23-24H2,1-4H3,(H,35,39)/t26-/m1/s1. The van der Waals surface area contributed by atoms with E-state index in [2.05, 4.69) is 5.32 Å². The number of sulfonamides is 1. The van der Waals surface area contributed by atoms with Gasteiger partial charge in [-0.05, 0) is 87.0 Å². The normalized spacial score (nSPS) is 11.7. The van der Waals surface area contributed by atoms with Crippen LogP contribution in [0.5, 0.6) is 17.2 Å². The monoisotopic (exact) mass is 615 g/mol. The summed E-state index contributed by atoms with van der Waals surface area (Å²) >= 11 is 0. The van der Waals surface area contributed by atoms with Gasteiger partial charge in [-0.2, -0.15) is 0 Å². The Bertz CT molecular complexity index is 1640. The van der Waals surface area contributed by atoms with Crippen LogP contribution in [0.2, 0.25) is 0 Å². The van der Waals surface area contributed by atoms with Gasteiger partial charge in [0.25, 0.3) is 10.0 Å². The largest absolute Gasteiger partial charge is 0.497 e. The van der Waals surface area contributed by atoms with E-state index >= 15 is 0 Å². The van der Waals surface area contributed by atoms with Crippen LogP contribution in [0.1, 0.15) is 25.0 Å². The van der Waals surface area contributed by atoms with E-state index in [1.807, 2.05) is 37.3 Å². The molecule has 0 saturated heterocycles. The fourth-order valence-corrected chi connectivity index (χ4v) is 5.92. The smallest absolute Gasteiger partial charge is 0.264 e. The van der Waals surface area contributed by atoms with Gasteiger partial charge in [-0.1, -0.05) is 48.0 Å². The molecule has 10 heteroatoms. The van der Waals surface area contributed by atoms with E-state index in [1.165, 1.54) is 17.0 Å². The van der Waals surface area contributed by atoms with Gasteiger partial charge >= 0.3 is 0 Å². The fourth-order valence-electron chi connectivity index (χ4n) is 4.50. The Labute approximate surface area is 259 Å². The minimum absolute atomic E-state index is 0.0407. The summed E-state index contributed by atoms with van der Waals surface area (Å²) in [6, 6.07) is 28.4. The molecule has 0 saturated carbocycles. The number of amides is 2. The highest BCUT2D eigenvalue weighted by molar-refractivity contribution is 7.92. The number of nitrogens with one attached hydrogen (secondary N) is 1. The second kappa shape index (κ2) is 14.6. The van der Waals surface area contributed by atoms with Crippen molar-refractivity contribution in [3.63, 3.8) is 0 Å². The lowest BCUT2D eigenvalue weighted by Gasteiger charge is -2.32.